The Kier molecular flexibility index (Phi) is 8.19. The van der Waals surface area contributed by atoms with Gasteiger partial charge in [0.2, 0.25) is 0 Å². The fourth-order valence-corrected chi connectivity index (χ4v) is 7.76. The highest BCUT2D eigenvalue weighted by Gasteiger charge is 2.36. The van der Waals surface area contributed by atoms with E-state index in [4.69, 9.17) is 14.7 Å². The number of carbonyl (C=O) groups is 1. The number of anilines is 2. The van der Waals surface area contributed by atoms with Crippen LogP contribution in [0.25, 0.3) is 21.3 Å². The summed E-state index contributed by atoms with van der Waals surface area (Å²) in [7, 11) is 0. The number of nitrogens with zero attached hydrogens (tertiary/aromatic N) is 4. The molecule has 0 bridgehead atoms. The average molecular weight is 627 g/mol. The molecular weight excluding hydrogens is 580 g/mol. The molecule has 1 atom stereocenters. The highest BCUT2D eigenvalue weighted by Crippen LogP contribution is 2.45. The second kappa shape index (κ2) is 11.7. The molecule has 1 N–H and O–H groups in total. The maximum atomic E-state index is 12.8. The standard InChI is InChI=1S/C37H46N4O3S/c1-22-9-12-29-28(19-22)39-35(45-29)41-16-13-25-20-26(10-11-27(25)21-41)30-23(2)38-24(3)31(33(34(42)43)44-36(4,5)6)32(30)40-17-14-37(7,8)15-18-40/h9-12,19-20,33H,13-18,21H2,1-8H3,(H,42,43). The van der Waals surface area contributed by atoms with Gasteiger partial charge >= 0.3 is 5.97 Å². The predicted molar refractivity (Wildman–Crippen MR) is 185 cm³/mol. The molecular formula is C37H46N4O3S. The maximum absolute atomic E-state index is 12.8. The molecule has 2 aromatic carbocycles. The smallest absolute Gasteiger partial charge is 0.337 e. The van der Waals surface area contributed by atoms with E-state index in [9.17, 15) is 9.90 Å². The molecule has 1 unspecified atom stereocenters. The first kappa shape index (κ1) is 31.5. The van der Waals surface area contributed by atoms with E-state index in [1.54, 1.807) is 11.3 Å². The molecule has 1 saturated heterocycles. The number of ether oxygens (including phenoxy) is 1. The molecule has 238 valence electrons. The van der Waals surface area contributed by atoms with Crippen molar-refractivity contribution in [2.24, 2.45) is 5.41 Å². The van der Waals surface area contributed by atoms with Gasteiger partial charge < -0.3 is 19.6 Å². The zero-order valence-corrected chi connectivity index (χ0v) is 28.8. The summed E-state index contributed by atoms with van der Waals surface area (Å²) in [5.74, 6) is -0.987. The van der Waals surface area contributed by atoms with Crippen molar-refractivity contribution in [1.29, 1.82) is 0 Å². The molecule has 0 amide bonds. The minimum Gasteiger partial charge on any atom is -0.479 e. The minimum atomic E-state index is -1.12. The van der Waals surface area contributed by atoms with Crippen molar-refractivity contribution < 1.29 is 14.6 Å². The topological polar surface area (TPSA) is 78.8 Å². The fraction of sp³-hybridized carbons (Fsp3) is 0.486. The van der Waals surface area contributed by atoms with Gasteiger partial charge in [-0.25, -0.2) is 9.78 Å². The summed E-state index contributed by atoms with van der Waals surface area (Å²) < 4.78 is 7.49. The first-order valence-electron chi connectivity index (χ1n) is 16.1. The van der Waals surface area contributed by atoms with E-state index in [1.165, 1.54) is 21.4 Å². The maximum Gasteiger partial charge on any atom is 0.337 e. The molecule has 2 aliphatic heterocycles. The Morgan fingerprint density at radius 3 is 2.38 bits per heavy atom. The van der Waals surface area contributed by atoms with Crippen molar-refractivity contribution >= 4 is 38.3 Å². The molecule has 6 rings (SSSR count). The fourth-order valence-electron chi connectivity index (χ4n) is 6.79. The monoisotopic (exact) mass is 626 g/mol. The van der Waals surface area contributed by atoms with E-state index < -0.39 is 17.7 Å². The highest BCUT2D eigenvalue weighted by molar-refractivity contribution is 7.22. The van der Waals surface area contributed by atoms with Gasteiger partial charge in [0.15, 0.2) is 11.2 Å². The molecule has 4 aromatic rings. The number of benzene rings is 2. The van der Waals surface area contributed by atoms with Crippen LogP contribution in [0.1, 0.15) is 87.2 Å². The van der Waals surface area contributed by atoms with Gasteiger partial charge in [-0.05, 0) is 101 Å². The van der Waals surface area contributed by atoms with Crippen LogP contribution >= 0.6 is 11.3 Å². The molecule has 0 saturated carbocycles. The molecule has 0 aliphatic carbocycles. The zero-order valence-electron chi connectivity index (χ0n) is 28.0. The van der Waals surface area contributed by atoms with Crippen LogP contribution in [-0.2, 0) is 22.5 Å². The van der Waals surface area contributed by atoms with E-state index in [0.29, 0.717) is 11.3 Å². The third-order valence-electron chi connectivity index (χ3n) is 9.28. The minimum absolute atomic E-state index is 0.252. The van der Waals surface area contributed by atoms with Crippen LogP contribution in [0.4, 0.5) is 10.8 Å². The largest absolute Gasteiger partial charge is 0.479 e. The number of hydrogen-bond acceptors (Lipinski definition) is 7. The number of aryl methyl sites for hydroxylation is 3. The molecule has 7 nitrogen and oxygen atoms in total. The number of piperidine rings is 1. The summed E-state index contributed by atoms with van der Waals surface area (Å²) in [5.41, 5.74) is 9.92. The van der Waals surface area contributed by atoms with Crippen molar-refractivity contribution in [2.75, 3.05) is 29.4 Å². The van der Waals surface area contributed by atoms with Gasteiger partial charge in [0.25, 0.3) is 0 Å². The van der Waals surface area contributed by atoms with Gasteiger partial charge in [-0.2, -0.15) is 0 Å². The Morgan fingerprint density at radius 2 is 1.69 bits per heavy atom. The Hall–Kier alpha value is -3.49. The van der Waals surface area contributed by atoms with E-state index in [0.717, 1.165) is 78.6 Å². The summed E-state index contributed by atoms with van der Waals surface area (Å²) in [4.78, 5) is 27.6. The Morgan fingerprint density at radius 1 is 0.956 bits per heavy atom. The molecule has 8 heteroatoms. The van der Waals surface area contributed by atoms with Gasteiger partial charge in [0.1, 0.15) is 0 Å². The quantitative estimate of drug-likeness (QED) is 0.230. The van der Waals surface area contributed by atoms with E-state index >= 15 is 0 Å². The summed E-state index contributed by atoms with van der Waals surface area (Å²) in [6, 6.07) is 13.2. The second-order valence-electron chi connectivity index (χ2n) is 14.6. The van der Waals surface area contributed by atoms with Crippen LogP contribution in [0, 0.1) is 26.2 Å². The summed E-state index contributed by atoms with van der Waals surface area (Å²) in [5, 5.41) is 11.6. The lowest BCUT2D eigenvalue weighted by Crippen LogP contribution is -2.39. The van der Waals surface area contributed by atoms with Crippen molar-refractivity contribution in [2.45, 2.75) is 92.9 Å². The van der Waals surface area contributed by atoms with Crippen molar-refractivity contribution in [1.82, 2.24) is 9.97 Å². The SMILES string of the molecule is Cc1ccc2sc(N3CCc4cc(-c5c(C)nc(C)c(C(OC(C)(C)C)C(=O)O)c5N5CCC(C)(C)CC5)ccc4C3)nc2c1. The molecule has 4 heterocycles. The first-order chi connectivity index (χ1) is 21.2. The first-order valence-corrected chi connectivity index (χ1v) is 16.9. The number of aromatic nitrogens is 2. The van der Waals surface area contributed by atoms with Crippen molar-refractivity contribution in [3.05, 3.63) is 70.0 Å². The van der Waals surface area contributed by atoms with Gasteiger partial charge in [-0.1, -0.05) is 49.4 Å². The number of fused-ring (bicyclic) bond motifs is 2. The molecule has 45 heavy (non-hydrogen) atoms. The van der Waals surface area contributed by atoms with Crippen LogP contribution < -0.4 is 9.80 Å². The van der Waals surface area contributed by atoms with Gasteiger partial charge in [-0.15, -0.1) is 0 Å². The van der Waals surface area contributed by atoms with Crippen LogP contribution in [0.3, 0.4) is 0 Å². The Bertz CT molecular complexity index is 1760. The average Bonchev–Trinajstić information content (AvgIpc) is 3.38. The number of aliphatic carboxylic acids is 1. The lowest BCUT2D eigenvalue weighted by molar-refractivity contribution is -0.160. The van der Waals surface area contributed by atoms with Crippen LogP contribution in [0.5, 0.6) is 0 Å². The summed E-state index contributed by atoms with van der Waals surface area (Å²) in [6.07, 6.45) is 1.87. The van der Waals surface area contributed by atoms with Crippen LogP contribution in [-0.4, -0.2) is 46.3 Å². The predicted octanol–water partition coefficient (Wildman–Crippen LogP) is 8.41. The molecule has 0 spiro atoms. The van der Waals surface area contributed by atoms with E-state index in [1.807, 2.05) is 27.7 Å². The van der Waals surface area contributed by atoms with Crippen LogP contribution in [0.15, 0.2) is 36.4 Å². The molecule has 1 fully saturated rings. The zero-order chi connectivity index (χ0) is 32.3. The molecule has 2 aliphatic rings. The van der Waals surface area contributed by atoms with Gasteiger partial charge in [0.05, 0.1) is 21.5 Å². The number of carboxylic acids is 1. The summed E-state index contributed by atoms with van der Waals surface area (Å²) >= 11 is 1.76. The number of pyridine rings is 1. The molecule has 0 radical (unpaired) electrons. The number of hydrogen-bond donors (Lipinski definition) is 1. The van der Waals surface area contributed by atoms with Crippen LogP contribution in [0.2, 0.25) is 0 Å². The Balaban J connectivity index is 1.42. The normalized spacial score (nSPS) is 17.4. The Labute approximate surface area is 271 Å². The third-order valence-corrected chi connectivity index (χ3v) is 10.4. The van der Waals surface area contributed by atoms with Gasteiger partial charge in [0, 0.05) is 48.7 Å². The summed E-state index contributed by atoms with van der Waals surface area (Å²) in [6.45, 7) is 19.9. The highest BCUT2D eigenvalue weighted by atomic mass is 32.1. The number of thiazole rings is 1. The number of rotatable bonds is 6. The third kappa shape index (κ3) is 6.45. The molecule has 2 aromatic heterocycles. The van der Waals surface area contributed by atoms with Gasteiger partial charge in [-0.3, -0.25) is 4.98 Å². The number of carboxylic acid groups (broad SMARTS) is 1. The lowest BCUT2D eigenvalue weighted by atomic mass is 9.81. The van der Waals surface area contributed by atoms with Crippen molar-refractivity contribution in [3.8, 4) is 11.1 Å². The van der Waals surface area contributed by atoms with E-state index in [2.05, 4.69) is 73.9 Å². The van der Waals surface area contributed by atoms with E-state index in [-0.39, 0.29) is 5.41 Å². The lowest BCUT2D eigenvalue weighted by Gasteiger charge is -2.41. The van der Waals surface area contributed by atoms with Crippen molar-refractivity contribution in [3.63, 3.8) is 0 Å². The second-order valence-corrected chi connectivity index (χ2v) is 15.7.